The number of nitrogens with zero attached hydrogens (tertiary/aromatic N) is 3. The van der Waals surface area contributed by atoms with Crippen LogP contribution in [-0.2, 0) is 6.54 Å². The first-order valence-corrected chi connectivity index (χ1v) is 5.50. The van der Waals surface area contributed by atoms with Crippen molar-refractivity contribution in [2.24, 2.45) is 0 Å². The van der Waals surface area contributed by atoms with Crippen LogP contribution in [0.4, 0.5) is 0 Å². The number of likely N-dealkylation sites (N-methyl/N-ethyl adjacent to an activating group) is 1. The van der Waals surface area contributed by atoms with Crippen molar-refractivity contribution in [3.63, 3.8) is 0 Å². The molecule has 0 amide bonds. The highest BCUT2D eigenvalue weighted by Crippen LogP contribution is 2.00. The number of aliphatic hydroxyl groups excluding tert-OH is 1. The molecule has 2 aromatic rings. The summed E-state index contributed by atoms with van der Waals surface area (Å²) in [5.41, 5.74) is 1.19. The van der Waals surface area contributed by atoms with Crippen molar-refractivity contribution in [3.8, 4) is 0 Å². The zero-order valence-electron chi connectivity index (χ0n) is 9.92. The van der Waals surface area contributed by atoms with Crippen LogP contribution in [0.5, 0.6) is 0 Å². The molecule has 0 saturated heterocycles. The first-order chi connectivity index (χ1) is 8.11. The van der Waals surface area contributed by atoms with Gasteiger partial charge in [-0.1, -0.05) is 0 Å². The van der Waals surface area contributed by atoms with Crippen LogP contribution in [0.3, 0.4) is 0 Å². The summed E-state index contributed by atoms with van der Waals surface area (Å²) in [6, 6.07) is 1.74. The molecule has 2 aromatic heterocycles. The van der Waals surface area contributed by atoms with Gasteiger partial charge in [-0.3, -0.25) is 4.79 Å². The fourth-order valence-corrected chi connectivity index (χ4v) is 1.82. The van der Waals surface area contributed by atoms with E-state index in [2.05, 4.69) is 10.4 Å². The normalized spacial score (nSPS) is 13.1. The number of aryl methyl sites for hydroxylation is 1. The van der Waals surface area contributed by atoms with E-state index in [0.717, 1.165) is 5.69 Å². The van der Waals surface area contributed by atoms with Crippen LogP contribution in [-0.4, -0.2) is 39.0 Å². The Morgan fingerprint density at radius 2 is 2.29 bits per heavy atom. The van der Waals surface area contributed by atoms with Crippen molar-refractivity contribution in [1.29, 1.82) is 0 Å². The predicted molar refractivity (Wildman–Crippen MR) is 64.1 cm³/mol. The third kappa shape index (κ3) is 2.37. The van der Waals surface area contributed by atoms with Gasteiger partial charge in [0, 0.05) is 18.9 Å². The van der Waals surface area contributed by atoms with Gasteiger partial charge in [-0.25, -0.2) is 4.52 Å². The van der Waals surface area contributed by atoms with Crippen molar-refractivity contribution in [2.75, 3.05) is 13.6 Å². The molecular formula is C11H16N4O2. The van der Waals surface area contributed by atoms with Crippen LogP contribution >= 0.6 is 0 Å². The molecule has 0 aliphatic rings. The van der Waals surface area contributed by atoms with Gasteiger partial charge in [0.05, 0.1) is 18.3 Å². The lowest BCUT2D eigenvalue weighted by molar-refractivity contribution is 0.153. The van der Waals surface area contributed by atoms with Gasteiger partial charge in [0.2, 0.25) is 0 Å². The third-order valence-electron chi connectivity index (χ3n) is 2.57. The van der Waals surface area contributed by atoms with Crippen molar-refractivity contribution < 1.29 is 5.11 Å². The lowest BCUT2D eigenvalue weighted by Crippen LogP contribution is -2.32. The van der Waals surface area contributed by atoms with E-state index in [9.17, 15) is 9.90 Å². The van der Waals surface area contributed by atoms with Crippen LogP contribution in [0.2, 0.25) is 0 Å². The Bertz CT molecular complexity index is 572. The summed E-state index contributed by atoms with van der Waals surface area (Å²) < 4.78 is 3.05. The number of hydrogen-bond acceptors (Lipinski definition) is 4. The van der Waals surface area contributed by atoms with E-state index in [0.29, 0.717) is 12.1 Å². The van der Waals surface area contributed by atoms with Crippen LogP contribution in [0, 0.1) is 6.92 Å². The molecule has 6 heteroatoms. The van der Waals surface area contributed by atoms with Crippen LogP contribution < -0.4 is 10.9 Å². The average molecular weight is 236 g/mol. The first kappa shape index (κ1) is 11.8. The minimum Gasteiger partial charge on any atom is -0.390 e. The molecule has 6 nitrogen and oxygen atoms in total. The fourth-order valence-electron chi connectivity index (χ4n) is 1.82. The van der Waals surface area contributed by atoms with E-state index < -0.39 is 6.10 Å². The second-order valence-corrected chi connectivity index (χ2v) is 4.08. The van der Waals surface area contributed by atoms with Crippen molar-refractivity contribution in [3.05, 3.63) is 34.5 Å². The number of fused-ring (bicyclic) bond motifs is 1. The van der Waals surface area contributed by atoms with Gasteiger partial charge in [0.15, 0.2) is 0 Å². The summed E-state index contributed by atoms with van der Waals surface area (Å²) in [5.74, 6) is 0. The quantitative estimate of drug-likeness (QED) is 0.742. The molecule has 2 heterocycles. The Kier molecular flexibility index (Phi) is 3.26. The van der Waals surface area contributed by atoms with Gasteiger partial charge in [-0.05, 0) is 20.0 Å². The summed E-state index contributed by atoms with van der Waals surface area (Å²) >= 11 is 0. The molecule has 0 bridgehead atoms. The van der Waals surface area contributed by atoms with Crippen LogP contribution in [0.25, 0.3) is 5.52 Å². The Morgan fingerprint density at radius 3 is 3.00 bits per heavy atom. The van der Waals surface area contributed by atoms with Crippen molar-refractivity contribution in [2.45, 2.75) is 19.6 Å². The molecule has 0 aliphatic heterocycles. The van der Waals surface area contributed by atoms with Gasteiger partial charge in [0.1, 0.15) is 5.52 Å². The van der Waals surface area contributed by atoms with Gasteiger partial charge in [-0.15, -0.1) is 0 Å². The molecule has 0 fully saturated rings. The molecule has 92 valence electrons. The molecular weight excluding hydrogens is 220 g/mol. The maximum absolute atomic E-state index is 12.1. The number of hydrogen-bond donors (Lipinski definition) is 2. The lowest BCUT2D eigenvalue weighted by atomic mass is 10.3. The molecule has 0 aromatic carbocycles. The summed E-state index contributed by atoms with van der Waals surface area (Å²) in [6.07, 6.45) is 2.78. The van der Waals surface area contributed by atoms with E-state index in [1.807, 2.05) is 6.92 Å². The summed E-state index contributed by atoms with van der Waals surface area (Å²) in [5, 5.41) is 16.7. The SMILES string of the molecule is CNCC(O)Cn1ccn2nc(C)cc2c1=O. The highest BCUT2D eigenvalue weighted by molar-refractivity contribution is 5.44. The van der Waals surface area contributed by atoms with Crippen molar-refractivity contribution >= 4 is 5.52 Å². The van der Waals surface area contributed by atoms with E-state index >= 15 is 0 Å². The largest absolute Gasteiger partial charge is 0.390 e. The third-order valence-corrected chi connectivity index (χ3v) is 2.57. The molecule has 0 saturated carbocycles. The Balaban J connectivity index is 2.35. The number of rotatable bonds is 4. The minimum atomic E-state index is -0.579. The molecule has 2 rings (SSSR count). The highest BCUT2D eigenvalue weighted by Gasteiger charge is 2.08. The molecule has 17 heavy (non-hydrogen) atoms. The zero-order chi connectivity index (χ0) is 12.4. The van der Waals surface area contributed by atoms with Crippen molar-refractivity contribution in [1.82, 2.24) is 19.5 Å². The number of aliphatic hydroxyl groups is 1. The Morgan fingerprint density at radius 1 is 1.53 bits per heavy atom. The average Bonchev–Trinajstić information content (AvgIpc) is 2.64. The van der Waals surface area contributed by atoms with Crippen LogP contribution in [0.1, 0.15) is 5.69 Å². The smallest absolute Gasteiger partial charge is 0.276 e. The second kappa shape index (κ2) is 4.68. The van der Waals surface area contributed by atoms with Gasteiger partial charge >= 0.3 is 0 Å². The first-order valence-electron chi connectivity index (χ1n) is 5.50. The Labute approximate surface area is 98.5 Å². The zero-order valence-corrected chi connectivity index (χ0v) is 9.92. The fraction of sp³-hybridized carbons (Fsp3) is 0.455. The second-order valence-electron chi connectivity index (χ2n) is 4.08. The molecule has 0 spiro atoms. The summed E-state index contributed by atoms with van der Waals surface area (Å²) in [6.45, 7) is 2.57. The predicted octanol–water partition coefficient (Wildman–Crippen LogP) is -0.615. The highest BCUT2D eigenvalue weighted by atomic mass is 16.3. The minimum absolute atomic E-state index is 0.136. The Hall–Kier alpha value is -1.66. The van der Waals surface area contributed by atoms with E-state index in [-0.39, 0.29) is 12.1 Å². The lowest BCUT2D eigenvalue weighted by Gasteiger charge is -2.11. The van der Waals surface area contributed by atoms with Gasteiger partial charge in [0.25, 0.3) is 5.56 Å². The molecule has 1 atom stereocenters. The summed E-state index contributed by atoms with van der Waals surface area (Å²) in [4.78, 5) is 12.1. The van der Waals surface area contributed by atoms with Gasteiger partial charge < -0.3 is 15.0 Å². The molecule has 0 aliphatic carbocycles. The molecule has 1 unspecified atom stereocenters. The van der Waals surface area contributed by atoms with Gasteiger partial charge in [-0.2, -0.15) is 5.10 Å². The standard InChI is InChI=1S/C11H16N4O2/c1-8-5-10-11(17)14(3-4-15(10)13-8)7-9(16)6-12-2/h3-5,9,12,16H,6-7H2,1-2H3. The summed E-state index contributed by atoms with van der Waals surface area (Å²) in [7, 11) is 1.76. The van der Waals surface area contributed by atoms with Crippen LogP contribution in [0.15, 0.2) is 23.3 Å². The topological polar surface area (TPSA) is 71.6 Å². The number of aromatic nitrogens is 3. The number of nitrogens with one attached hydrogen (secondary N) is 1. The van der Waals surface area contributed by atoms with E-state index in [1.165, 1.54) is 4.57 Å². The molecule has 2 N–H and O–H groups in total. The van der Waals surface area contributed by atoms with E-state index in [1.54, 1.807) is 30.0 Å². The maximum Gasteiger partial charge on any atom is 0.276 e. The molecule has 0 radical (unpaired) electrons. The van der Waals surface area contributed by atoms with E-state index in [4.69, 9.17) is 0 Å². The monoisotopic (exact) mass is 236 g/mol. The maximum atomic E-state index is 12.1.